The van der Waals surface area contributed by atoms with Crippen molar-refractivity contribution in [3.63, 3.8) is 0 Å². The van der Waals surface area contributed by atoms with E-state index in [-0.39, 0.29) is 5.91 Å². The molecule has 0 atom stereocenters. The first-order chi connectivity index (χ1) is 12.7. The highest BCUT2D eigenvalue weighted by molar-refractivity contribution is 8.00. The van der Waals surface area contributed by atoms with Gasteiger partial charge in [0.25, 0.3) is 0 Å². The lowest BCUT2D eigenvalue weighted by atomic mass is 10.3. The highest BCUT2D eigenvalue weighted by Gasteiger charge is 2.22. The van der Waals surface area contributed by atoms with Gasteiger partial charge in [0.1, 0.15) is 17.2 Å². The van der Waals surface area contributed by atoms with Gasteiger partial charge in [0, 0.05) is 39.4 Å². The maximum absolute atomic E-state index is 12.6. The number of hydrogen-bond donors (Lipinski definition) is 0. The summed E-state index contributed by atoms with van der Waals surface area (Å²) >= 11 is 1.44. The molecule has 4 rings (SSSR count). The fourth-order valence-electron chi connectivity index (χ4n) is 3.00. The molecule has 9 heteroatoms. The summed E-state index contributed by atoms with van der Waals surface area (Å²) < 4.78 is 1.71. The predicted octanol–water partition coefficient (Wildman–Crippen LogP) is 1.20. The van der Waals surface area contributed by atoms with E-state index in [9.17, 15) is 4.79 Å². The van der Waals surface area contributed by atoms with Crippen molar-refractivity contribution >= 4 is 34.5 Å². The van der Waals surface area contributed by atoms with Crippen LogP contribution in [-0.4, -0.2) is 67.5 Å². The van der Waals surface area contributed by atoms with Gasteiger partial charge in [-0.25, -0.2) is 15.0 Å². The van der Waals surface area contributed by atoms with E-state index in [0.717, 1.165) is 35.0 Å². The molecular formula is C17H19N7OS. The Balaban J connectivity index is 1.34. The molecule has 1 aliphatic heterocycles. The van der Waals surface area contributed by atoms with Crippen LogP contribution in [-0.2, 0) is 11.8 Å². The van der Waals surface area contributed by atoms with Crippen LogP contribution in [0.4, 0.5) is 5.82 Å². The Labute approximate surface area is 155 Å². The zero-order chi connectivity index (χ0) is 17.9. The summed E-state index contributed by atoms with van der Waals surface area (Å²) in [4.78, 5) is 29.6. The topological polar surface area (TPSA) is 80.0 Å². The summed E-state index contributed by atoms with van der Waals surface area (Å²) in [5.41, 5.74) is 0.777. The second-order valence-electron chi connectivity index (χ2n) is 6.03. The minimum atomic E-state index is 0.131. The number of piperazine rings is 1. The molecule has 1 aliphatic rings. The second kappa shape index (κ2) is 7.28. The van der Waals surface area contributed by atoms with Gasteiger partial charge in [-0.1, -0.05) is 17.8 Å². The monoisotopic (exact) mass is 369 g/mol. The molecule has 0 N–H and O–H groups in total. The maximum atomic E-state index is 12.6. The third-order valence-corrected chi connectivity index (χ3v) is 5.42. The summed E-state index contributed by atoms with van der Waals surface area (Å²) in [7, 11) is 1.84. The van der Waals surface area contributed by atoms with Crippen LogP contribution in [0.25, 0.3) is 11.0 Å². The molecule has 0 aliphatic carbocycles. The van der Waals surface area contributed by atoms with E-state index in [1.165, 1.54) is 18.1 Å². The molecule has 3 aromatic heterocycles. The summed E-state index contributed by atoms with van der Waals surface area (Å²) in [6, 6.07) is 5.89. The van der Waals surface area contributed by atoms with Crippen LogP contribution in [0.3, 0.4) is 0 Å². The molecule has 0 spiro atoms. The standard InChI is InChI=1S/C17H19N7OS/c1-22-16-13(10-21-22)17(20-12-19-16)26-11-15(25)24-8-6-23(7-9-24)14-4-2-3-5-18-14/h2-5,10,12H,6-9,11H2,1H3. The lowest BCUT2D eigenvalue weighted by Gasteiger charge is -2.35. The zero-order valence-electron chi connectivity index (χ0n) is 14.4. The molecule has 0 bridgehead atoms. The highest BCUT2D eigenvalue weighted by atomic mass is 32.2. The molecule has 0 aromatic carbocycles. The van der Waals surface area contributed by atoms with Gasteiger partial charge >= 0.3 is 0 Å². The van der Waals surface area contributed by atoms with Gasteiger partial charge in [0.15, 0.2) is 5.65 Å². The van der Waals surface area contributed by atoms with Crippen LogP contribution in [0.2, 0.25) is 0 Å². The first kappa shape index (κ1) is 16.8. The quantitative estimate of drug-likeness (QED) is 0.505. The number of nitrogens with zero attached hydrogens (tertiary/aromatic N) is 7. The van der Waals surface area contributed by atoms with Crippen LogP contribution < -0.4 is 4.90 Å². The van der Waals surface area contributed by atoms with Crippen molar-refractivity contribution in [2.75, 3.05) is 36.8 Å². The number of carbonyl (C=O) groups is 1. The van der Waals surface area contributed by atoms with Crippen LogP contribution in [0, 0.1) is 0 Å². The Hall–Kier alpha value is -2.68. The van der Waals surface area contributed by atoms with Gasteiger partial charge in [-0.2, -0.15) is 5.10 Å². The van der Waals surface area contributed by atoms with E-state index < -0.39 is 0 Å². The molecule has 134 valence electrons. The van der Waals surface area contributed by atoms with E-state index in [1.54, 1.807) is 17.1 Å². The number of rotatable bonds is 4. The van der Waals surface area contributed by atoms with Crippen molar-refractivity contribution in [2.45, 2.75) is 5.03 Å². The Morgan fingerprint density at radius 2 is 2.00 bits per heavy atom. The van der Waals surface area contributed by atoms with Gasteiger partial charge in [-0.05, 0) is 12.1 Å². The van der Waals surface area contributed by atoms with Gasteiger partial charge in [-0.3, -0.25) is 9.48 Å². The fraction of sp³-hybridized carbons (Fsp3) is 0.353. The lowest BCUT2D eigenvalue weighted by molar-refractivity contribution is -0.128. The molecule has 3 aromatic rings. The summed E-state index contributed by atoms with van der Waals surface area (Å²) in [5, 5.41) is 5.88. The largest absolute Gasteiger partial charge is 0.353 e. The average Bonchev–Trinajstić information content (AvgIpc) is 3.08. The van der Waals surface area contributed by atoms with E-state index >= 15 is 0 Å². The second-order valence-corrected chi connectivity index (χ2v) is 6.99. The molecule has 26 heavy (non-hydrogen) atoms. The van der Waals surface area contributed by atoms with Crippen LogP contribution >= 0.6 is 11.8 Å². The van der Waals surface area contributed by atoms with Crippen molar-refractivity contribution in [3.05, 3.63) is 36.9 Å². The first-order valence-corrected chi connectivity index (χ1v) is 9.40. The number of carbonyl (C=O) groups excluding carboxylic acids is 1. The minimum Gasteiger partial charge on any atom is -0.353 e. The van der Waals surface area contributed by atoms with E-state index in [0.29, 0.717) is 18.8 Å². The van der Waals surface area contributed by atoms with E-state index in [1.807, 2.05) is 30.1 Å². The molecule has 4 heterocycles. The Kier molecular flexibility index (Phi) is 4.70. The van der Waals surface area contributed by atoms with E-state index in [2.05, 4.69) is 25.0 Å². The Morgan fingerprint density at radius 1 is 1.15 bits per heavy atom. The van der Waals surface area contributed by atoms with Gasteiger partial charge in [0.2, 0.25) is 5.91 Å². The number of amides is 1. The normalized spacial score (nSPS) is 14.8. The van der Waals surface area contributed by atoms with Crippen molar-refractivity contribution < 1.29 is 4.79 Å². The molecule has 0 unspecified atom stereocenters. The van der Waals surface area contributed by atoms with Crippen molar-refractivity contribution in [3.8, 4) is 0 Å². The Bertz CT molecular complexity index is 906. The smallest absolute Gasteiger partial charge is 0.233 e. The first-order valence-electron chi connectivity index (χ1n) is 8.41. The molecule has 0 radical (unpaired) electrons. The molecule has 1 fully saturated rings. The SMILES string of the molecule is Cn1ncc2c(SCC(=O)N3CCN(c4ccccn4)CC3)ncnc21. The van der Waals surface area contributed by atoms with Crippen LogP contribution in [0.15, 0.2) is 41.9 Å². The molecule has 1 amide bonds. The number of fused-ring (bicyclic) bond motifs is 1. The predicted molar refractivity (Wildman–Crippen MR) is 100 cm³/mol. The van der Waals surface area contributed by atoms with Gasteiger partial charge < -0.3 is 9.80 Å². The van der Waals surface area contributed by atoms with Crippen LogP contribution in [0.1, 0.15) is 0 Å². The fourth-order valence-corrected chi connectivity index (χ4v) is 3.87. The summed E-state index contributed by atoms with van der Waals surface area (Å²) in [5.74, 6) is 1.46. The van der Waals surface area contributed by atoms with E-state index in [4.69, 9.17) is 0 Å². The molecular weight excluding hydrogens is 350 g/mol. The van der Waals surface area contributed by atoms with Gasteiger partial charge in [-0.15, -0.1) is 0 Å². The number of hydrogen-bond acceptors (Lipinski definition) is 7. The Morgan fingerprint density at radius 3 is 2.77 bits per heavy atom. The summed E-state index contributed by atoms with van der Waals surface area (Å²) in [6.45, 7) is 3.02. The highest BCUT2D eigenvalue weighted by Crippen LogP contribution is 2.24. The minimum absolute atomic E-state index is 0.131. The molecule has 1 saturated heterocycles. The van der Waals surface area contributed by atoms with Crippen LogP contribution in [0.5, 0.6) is 0 Å². The third-order valence-electron chi connectivity index (χ3n) is 4.43. The molecule has 0 saturated carbocycles. The number of aryl methyl sites for hydroxylation is 1. The zero-order valence-corrected chi connectivity index (χ0v) is 15.3. The van der Waals surface area contributed by atoms with Crippen molar-refractivity contribution in [1.82, 2.24) is 29.6 Å². The number of anilines is 1. The lowest BCUT2D eigenvalue weighted by Crippen LogP contribution is -2.49. The third kappa shape index (κ3) is 3.34. The average molecular weight is 369 g/mol. The summed E-state index contributed by atoms with van der Waals surface area (Å²) in [6.07, 6.45) is 5.06. The van der Waals surface area contributed by atoms with Crippen molar-refractivity contribution in [2.24, 2.45) is 7.05 Å². The van der Waals surface area contributed by atoms with Gasteiger partial charge in [0.05, 0.1) is 17.3 Å². The number of pyridine rings is 1. The number of thioether (sulfide) groups is 1. The number of aromatic nitrogens is 5. The van der Waals surface area contributed by atoms with Crippen molar-refractivity contribution in [1.29, 1.82) is 0 Å². The molecule has 8 nitrogen and oxygen atoms in total. The maximum Gasteiger partial charge on any atom is 0.233 e.